The molecular weight excluding hydrogens is 432 g/mol. The Bertz CT molecular complexity index is 762. The van der Waals surface area contributed by atoms with E-state index in [0.29, 0.717) is 19.5 Å². The third kappa shape index (κ3) is 11.6. The highest BCUT2D eigenvalue weighted by Crippen LogP contribution is 2.24. The first-order valence-corrected chi connectivity index (χ1v) is 12.0. The van der Waals surface area contributed by atoms with Crippen molar-refractivity contribution in [1.29, 1.82) is 0 Å². The first-order chi connectivity index (χ1) is 15.8. The lowest BCUT2D eigenvalue weighted by atomic mass is 9.90. The fourth-order valence-electron chi connectivity index (χ4n) is 3.46. The number of nitrogens with zero attached hydrogens (tertiary/aromatic N) is 1. The summed E-state index contributed by atoms with van der Waals surface area (Å²) in [7, 11) is 2.62. The number of carbonyl (C=O) groups excluding carboxylic acids is 3. The number of esters is 2. The van der Waals surface area contributed by atoms with Crippen molar-refractivity contribution in [3.8, 4) is 0 Å². The number of rotatable bonds is 12. The molecule has 0 spiro atoms. The Morgan fingerprint density at radius 1 is 0.882 bits per heavy atom. The minimum Gasteiger partial charge on any atom is -0.469 e. The van der Waals surface area contributed by atoms with E-state index >= 15 is 0 Å². The van der Waals surface area contributed by atoms with Gasteiger partial charge in [0.15, 0.2) is 0 Å². The molecule has 1 N–H and O–H groups in total. The summed E-state index contributed by atoms with van der Waals surface area (Å²) >= 11 is 0. The minimum atomic E-state index is -0.855. The van der Waals surface area contributed by atoms with Gasteiger partial charge in [-0.1, -0.05) is 71.9 Å². The Morgan fingerprint density at radius 2 is 1.41 bits per heavy atom. The molecule has 0 heterocycles. The zero-order chi connectivity index (χ0) is 25.9. The number of benzene rings is 1. The number of amides is 1. The molecule has 0 saturated heterocycles. The van der Waals surface area contributed by atoms with Crippen molar-refractivity contribution in [2.45, 2.75) is 79.3 Å². The molecule has 0 aliphatic heterocycles. The summed E-state index contributed by atoms with van der Waals surface area (Å²) in [5.74, 6) is -1.36. The standard InChI is InChI=1S/C27H44N2O5/c1-26(2,3)14-16-29(17-15-27(4,5)6)22(19-23(30)33-7)24(31)28-21(25(32)34-8)18-20-12-10-9-11-13-20/h9-13,21-22H,14-19H2,1-8H3,(H,28,31). The van der Waals surface area contributed by atoms with Gasteiger partial charge in [-0.2, -0.15) is 0 Å². The van der Waals surface area contributed by atoms with Crippen LogP contribution in [0, 0.1) is 10.8 Å². The van der Waals surface area contributed by atoms with Crippen molar-refractivity contribution in [3.05, 3.63) is 35.9 Å². The van der Waals surface area contributed by atoms with E-state index in [4.69, 9.17) is 9.47 Å². The average molecular weight is 477 g/mol. The SMILES string of the molecule is COC(=O)CC(C(=O)NC(Cc1ccccc1)C(=O)OC)N(CCC(C)(C)C)CCC(C)(C)C. The van der Waals surface area contributed by atoms with Crippen LogP contribution in [0.3, 0.4) is 0 Å². The Kier molecular flexibility index (Phi) is 11.7. The summed E-state index contributed by atoms with van der Waals surface area (Å²) in [4.78, 5) is 40.4. The van der Waals surface area contributed by atoms with E-state index < -0.39 is 24.0 Å². The van der Waals surface area contributed by atoms with Crippen molar-refractivity contribution in [2.24, 2.45) is 10.8 Å². The van der Waals surface area contributed by atoms with E-state index in [2.05, 4.69) is 51.8 Å². The predicted octanol–water partition coefficient (Wildman–Crippen LogP) is 3.99. The zero-order valence-corrected chi connectivity index (χ0v) is 22.3. The topological polar surface area (TPSA) is 84.9 Å². The van der Waals surface area contributed by atoms with Gasteiger partial charge in [0.25, 0.3) is 0 Å². The maximum absolute atomic E-state index is 13.5. The van der Waals surface area contributed by atoms with E-state index in [1.165, 1.54) is 14.2 Å². The lowest BCUT2D eigenvalue weighted by Gasteiger charge is -2.35. The van der Waals surface area contributed by atoms with Crippen molar-refractivity contribution in [3.63, 3.8) is 0 Å². The molecule has 2 atom stereocenters. The number of hydrogen-bond donors (Lipinski definition) is 1. The summed E-state index contributed by atoms with van der Waals surface area (Å²) < 4.78 is 9.86. The number of nitrogens with one attached hydrogen (secondary N) is 1. The molecule has 0 aromatic heterocycles. The number of ether oxygens (including phenoxy) is 2. The normalized spacial score (nSPS) is 13.8. The second kappa shape index (κ2) is 13.5. The van der Waals surface area contributed by atoms with Crippen molar-refractivity contribution >= 4 is 17.8 Å². The number of methoxy groups -OCH3 is 2. The fraction of sp³-hybridized carbons (Fsp3) is 0.667. The summed E-state index contributed by atoms with van der Waals surface area (Å²) in [5, 5.41) is 2.86. The van der Waals surface area contributed by atoms with Gasteiger partial charge in [0.05, 0.1) is 26.7 Å². The average Bonchev–Trinajstić information content (AvgIpc) is 2.75. The molecule has 2 unspecified atom stereocenters. The first-order valence-electron chi connectivity index (χ1n) is 12.0. The summed E-state index contributed by atoms with van der Waals surface area (Å²) in [6, 6.07) is 7.84. The van der Waals surface area contributed by atoms with Gasteiger partial charge in [-0.25, -0.2) is 4.79 Å². The molecule has 192 valence electrons. The highest BCUT2D eigenvalue weighted by molar-refractivity contribution is 5.90. The smallest absolute Gasteiger partial charge is 0.328 e. The van der Waals surface area contributed by atoms with E-state index in [1.807, 2.05) is 30.3 Å². The van der Waals surface area contributed by atoms with Crippen LogP contribution in [0.15, 0.2) is 30.3 Å². The lowest BCUT2D eigenvalue weighted by molar-refractivity contribution is -0.147. The van der Waals surface area contributed by atoms with E-state index in [1.54, 1.807) is 0 Å². The highest BCUT2D eigenvalue weighted by atomic mass is 16.5. The molecule has 0 fully saturated rings. The monoisotopic (exact) mass is 476 g/mol. The van der Waals surface area contributed by atoms with Crippen LogP contribution in [0.2, 0.25) is 0 Å². The van der Waals surface area contributed by atoms with Crippen LogP contribution >= 0.6 is 0 Å². The summed E-state index contributed by atoms with van der Waals surface area (Å²) in [5.41, 5.74) is 1.03. The van der Waals surface area contributed by atoms with E-state index in [9.17, 15) is 14.4 Å². The quantitative estimate of drug-likeness (QED) is 0.459. The van der Waals surface area contributed by atoms with Gasteiger partial charge in [-0.3, -0.25) is 14.5 Å². The molecule has 0 saturated carbocycles. The van der Waals surface area contributed by atoms with E-state index in [-0.39, 0.29) is 23.2 Å². The predicted molar refractivity (Wildman–Crippen MR) is 134 cm³/mol. The molecular formula is C27H44N2O5. The van der Waals surface area contributed by atoms with Crippen LogP contribution < -0.4 is 5.32 Å². The second-order valence-electron chi connectivity index (χ2n) is 11.2. The lowest BCUT2D eigenvalue weighted by Crippen LogP contribution is -2.54. The largest absolute Gasteiger partial charge is 0.469 e. The van der Waals surface area contributed by atoms with Crippen LogP contribution in [-0.2, 0) is 30.3 Å². The molecule has 1 aromatic rings. The molecule has 0 radical (unpaired) electrons. The number of hydrogen-bond acceptors (Lipinski definition) is 6. The van der Waals surface area contributed by atoms with Crippen LogP contribution in [-0.4, -0.2) is 62.1 Å². The van der Waals surface area contributed by atoms with Crippen molar-refractivity contribution < 1.29 is 23.9 Å². The van der Waals surface area contributed by atoms with Crippen LogP contribution in [0.25, 0.3) is 0 Å². The Morgan fingerprint density at radius 3 is 1.85 bits per heavy atom. The molecule has 1 aromatic carbocycles. The van der Waals surface area contributed by atoms with Gasteiger partial charge in [0.2, 0.25) is 5.91 Å². The third-order valence-corrected chi connectivity index (χ3v) is 5.71. The summed E-state index contributed by atoms with van der Waals surface area (Å²) in [6.07, 6.45) is 1.92. The summed E-state index contributed by atoms with van der Waals surface area (Å²) in [6.45, 7) is 14.2. The second-order valence-corrected chi connectivity index (χ2v) is 11.2. The van der Waals surface area contributed by atoms with Gasteiger partial charge >= 0.3 is 11.9 Å². The Hall–Kier alpha value is -2.41. The number of carbonyl (C=O) groups is 3. The Labute approximate surface area is 205 Å². The van der Waals surface area contributed by atoms with Gasteiger partial charge < -0.3 is 14.8 Å². The fourth-order valence-corrected chi connectivity index (χ4v) is 3.46. The first kappa shape index (κ1) is 29.6. The molecule has 0 aliphatic rings. The zero-order valence-electron chi connectivity index (χ0n) is 22.3. The molecule has 7 heteroatoms. The van der Waals surface area contributed by atoms with Crippen LogP contribution in [0.4, 0.5) is 0 Å². The molecule has 34 heavy (non-hydrogen) atoms. The maximum atomic E-state index is 13.5. The molecule has 0 bridgehead atoms. The third-order valence-electron chi connectivity index (χ3n) is 5.71. The molecule has 1 amide bonds. The van der Waals surface area contributed by atoms with Gasteiger partial charge in [-0.15, -0.1) is 0 Å². The minimum absolute atomic E-state index is 0.0636. The van der Waals surface area contributed by atoms with Crippen molar-refractivity contribution in [2.75, 3.05) is 27.3 Å². The highest BCUT2D eigenvalue weighted by Gasteiger charge is 2.33. The van der Waals surface area contributed by atoms with Crippen molar-refractivity contribution in [1.82, 2.24) is 10.2 Å². The Balaban J connectivity index is 3.19. The van der Waals surface area contributed by atoms with Gasteiger partial charge in [0, 0.05) is 6.42 Å². The van der Waals surface area contributed by atoms with Gasteiger partial charge in [0.1, 0.15) is 6.04 Å². The van der Waals surface area contributed by atoms with Crippen LogP contribution in [0.1, 0.15) is 66.4 Å². The molecule has 7 nitrogen and oxygen atoms in total. The molecule has 0 aliphatic carbocycles. The maximum Gasteiger partial charge on any atom is 0.328 e. The molecule has 1 rings (SSSR count). The van der Waals surface area contributed by atoms with Crippen LogP contribution in [0.5, 0.6) is 0 Å². The van der Waals surface area contributed by atoms with E-state index in [0.717, 1.165) is 18.4 Å². The van der Waals surface area contributed by atoms with Gasteiger partial charge in [-0.05, 0) is 42.3 Å².